The summed E-state index contributed by atoms with van der Waals surface area (Å²) in [6.07, 6.45) is -2.53. The van der Waals surface area contributed by atoms with E-state index in [9.17, 15) is 32.7 Å². The number of hydrogen-bond acceptors (Lipinski definition) is 4. The summed E-state index contributed by atoms with van der Waals surface area (Å²) in [5.74, 6) is -5.03. The van der Waals surface area contributed by atoms with Crippen molar-refractivity contribution < 1.29 is 36.6 Å². The highest BCUT2D eigenvalue weighted by Gasteiger charge is 2.38. The molecule has 1 atom stereocenters. The van der Waals surface area contributed by atoms with Gasteiger partial charge in [-0.2, -0.15) is 13.2 Å². The van der Waals surface area contributed by atoms with Crippen LogP contribution in [0.3, 0.4) is 0 Å². The number of aliphatic carboxylic acids is 1. The van der Waals surface area contributed by atoms with Crippen LogP contribution in [-0.4, -0.2) is 40.7 Å². The van der Waals surface area contributed by atoms with Crippen LogP contribution in [-0.2, 0) is 24.4 Å². The summed E-state index contributed by atoms with van der Waals surface area (Å²) in [5.41, 5.74) is -2.75. The Balaban J connectivity index is 1.38. The number of hydrogen-bond donors (Lipinski definition) is 2. The largest absolute Gasteiger partial charge is 0.480 e. The number of nitrogens with one attached hydrogen (secondary N) is 1. The van der Waals surface area contributed by atoms with Crippen molar-refractivity contribution in [3.63, 3.8) is 0 Å². The third-order valence-corrected chi connectivity index (χ3v) is 8.87. The molecule has 1 aliphatic heterocycles. The van der Waals surface area contributed by atoms with E-state index in [-0.39, 0.29) is 34.0 Å². The zero-order valence-electron chi connectivity index (χ0n) is 25.7. The summed E-state index contributed by atoms with van der Waals surface area (Å²) in [6.45, 7) is 1.23. The fourth-order valence-electron chi connectivity index (χ4n) is 6.57. The molecular weight excluding hydrogens is 633 g/mol. The summed E-state index contributed by atoms with van der Waals surface area (Å²) >= 11 is 0. The molecule has 0 bridgehead atoms. The average Bonchev–Trinajstić information content (AvgIpc) is 3.05. The highest BCUT2D eigenvalue weighted by atomic mass is 19.4. The number of amides is 1. The van der Waals surface area contributed by atoms with Crippen LogP contribution in [0.4, 0.5) is 27.6 Å². The zero-order chi connectivity index (χ0) is 34.3. The van der Waals surface area contributed by atoms with Crippen LogP contribution >= 0.6 is 0 Å². The second kappa shape index (κ2) is 12.7. The summed E-state index contributed by atoms with van der Waals surface area (Å²) in [5, 5.41) is 12.6. The molecule has 4 aromatic carbocycles. The molecule has 0 spiro atoms. The number of alkyl halides is 3. The van der Waals surface area contributed by atoms with Crippen LogP contribution in [0.25, 0.3) is 32.8 Å². The maximum Gasteiger partial charge on any atom is 0.417 e. The van der Waals surface area contributed by atoms with Gasteiger partial charge in [-0.05, 0) is 59.4 Å². The molecule has 1 saturated heterocycles. The van der Waals surface area contributed by atoms with Crippen molar-refractivity contribution >= 4 is 39.2 Å². The van der Waals surface area contributed by atoms with Gasteiger partial charge in [0.2, 0.25) is 0 Å². The lowest BCUT2D eigenvalue weighted by Gasteiger charge is -2.29. The van der Waals surface area contributed by atoms with E-state index in [1.807, 2.05) is 4.90 Å². The highest BCUT2D eigenvalue weighted by molar-refractivity contribution is 6.02. The first-order chi connectivity index (χ1) is 22.9. The van der Waals surface area contributed by atoms with E-state index in [1.54, 1.807) is 6.07 Å². The average molecular weight is 664 g/mol. The van der Waals surface area contributed by atoms with Crippen LogP contribution in [0, 0.1) is 11.6 Å². The van der Waals surface area contributed by atoms with E-state index in [1.165, 1.54) is 61.6 Å². The minimum absolute atomic E-state index is 0.0122. The number of halogens is 5. The van der Waals surface area contributed by atoms with Gasteiger partial charge in [0.25, 0.3) is 11.5 Å². The number of aromatic nitrogens is 1. The number of piperidine rings is 1. The smallest absolute Gasteiger partial charge is 0.417 e. The Morgan fingerprint density at radius 2 is 1.50 bits per heavy atom. The number of carbonyl (C=O) groups excluding carboxylic acids is 1. The number of fused-ring (bicyclic) bond motifs is 2. The fourth-order valence-corrected chi connectivity index (χ4v) is 6.57. The number of carboxylic acid groups (broad SMARTS) is 1. The zero-order valence-corrected chi connectivity index (χ0v) is 25.7. The van der Waals surface area contributed by atoms with Crippen molar-refractivity contribution in [3.8, 4) is 11.1 Å². The van der Waals surface area contributed by atoms with Gasteiger partial charge in [0.05, 0.1) is 16.6 Å². The number of carbonyl (C=O) groups is 2. The Kier molecular flexibility index (Phi) is 8.67. The first-order valence-corrected chi connectivity index (χ1v) is 15.3. The lowest BCUT2D eigenvalue weighted by Crippen LogP contribution is -2.43. The van der Waals surface area contributed by atoms with Crippen molar-refractivity contribution in [1.82, 2.24) is 9.88 Å². The van der Waals surface area contributed by atoms with E-state index < -0.39 is 58.0 Å². The summed E-state index contributed by atoms with van der Waals surface area (Å²) in [7, 11) is 1.39. The minimum Gasteiger partial charge on any atom is -0.480 e. The van der Waals surface area contributed by atoms with E-state index in [0.717, 1.165) is 36.0 Å². The maximum absolute atomic E-state index is 15.1. The molecule has 2 N–H and O–H groups in total. The van der Waals surface area contributed by atoms with Crippen molar-refractivity contribution in [1.29, 1.82) is 0 Å². The Hall–Kier alpha value is -5.26. The molecule has 5 aromatic rings. The van der Waals surface area contributed by atoms with Gasteiger partial charge in [0.1, 0.15) is 23.2 Å². The Morgan fingerprint density at radius 3 is 2.17 bits per heavy atom. The molecule has 1 fully saturated rings. The van der Waals surface area contributed by atoms with Gasteiger partial charge in [-0.3, -0.25) is 9.59 Å². The summed E-state index contributed by atoms with van der Waals surface area (Å²) < 4.78 is 75.3. The minimum atomic E-state index is -4.89. The number of para-hydroxylation sites is 1. The third kappa shape index (κ3) is 5.98. The Morgan fingerprint density at radius 1 is 0.875 bits per heavy atom. The molecule has 6 rings (SSSR count). The van der Waals surface area contributed by atoms with E-state index >= 15 is 8.78 Å². The second-order valence-electron chi connectivity index (χ2n) is 11.8. The maximum atomic E-state index is 15.1. The van der Waals surface area contributed by atoms with Crippen molar-refractivity contribution in [2.45, 2.75) is 37.9 Å². The van der Waals surface area contributed by atoms with Gasteiger partial charge in [-0.25, -0.2) is 13.6 Å². The molecule has 0 saturated carbocycles. The predicted octanol–water partition coefficient (Wildman–Crippen LogP) is 7.07. The molecule has 0 radical (unpaired) electrons. The molecule has 48 heavy (non-hydrogen) atoms. The van der Waals surface area contributed by atoms with Gasteiger partial charge < -0.3 is 19.9 Å². The molecule has 7 nitrogen and oxygen atoms in total. The van der Waals surface area contributed by atoms with E-state index in [0.29, 0.717) is 24.0 Å². The highest BCUT2D eigenvalue weighted by Crippen LogP contribution is 2.42. The van der Waals surface area contributed by atoms with Crippen LogP contribution < -0.4 is 15.8 Å². The van der Waals surface area contributed by atoms with Gasteiger partial charge in [-0.15, -0.1) is 0 Å². The Bertz CT molecular complexity index is 2110. The van der Waals surface area contributed by atoms with Crippen molar-refractivity contribution in [2.24, 2.45) is 7.05 Å². The summed E-state index contributed by atoms with van der Waals surface area (Å²) in [6, 6.07) is 15.1. The molecule has 12 heteroatoms. The molecule has 0 unspecified atom stereocenters. The number of aryl methyl sites for hydroxylation is 1. The van der Waals surface area contributed by atoms with Gasteiger partial charge >= 0.3 is 12.1 Å². The molecule has 0 aliphatic carbocycles. The quantitative estimate of drug-likeness (QED) is 0.182. The second-order valence-corrected chi connectivity index (χ2v) is 11.8. The molecular formula is C36H30F5N3O4. The van der Waals surface area contributed by atoms with Crippen molar-refractivity contribution in [2.75, 3.05) is 18.0 Å². The van der Waals surface area contributed by atoms with Gasteiger partial charge in [0.15, 0.2) is 0 Å². The van der Waals surface area contributed by atoms with Crippen LogP contribution in [0.15, 0.2) is 77.6 Å². The third-order valence-electron chi connectivity index (χ3n) is 8.87. The summed E-state index contributed by atoms with van der Waals surface area (Å²) in [4.78, 5) is 40.7. The lowest BCUT2D eigenvalue weighted by molar-refractivity contribution is -0.139. The molecule has 248 valence electrons. The number of benzene rings is 4. The fraction of sp³-hybridized carbons (Fsp3) is 0.250. The number of nitrogens with zero attached hydrogens (tertiary/aromatic N) is 2. The normalized spacial score (nSPS) is 14.3. The number of anilines is 1. The first-order valence-electron chi connectivity index (χ1n) is 15.3. The predicted molar refractivity (Wildman–Crippen MR) is 172 cm³/mol. The number of carboxylic acids is 1. The number of pyridine rings is 1. The van der Waals surface area contributed by atoms with Crippen LogP contribution in [0.1, 0.15) is 40.7 Å². The Labute approximate surface area is 271 Å². The lowest BCUT2D eigenvalue weighted by atomic mass is 9.90. The van der Waals surface area contributed by atoms with Gasteiger partial charge in [0, 0.05) is 37.6 Å². The monoisotopic (exact) mass is 663 g/mol. The van der Waals surface area contributed by atoms with Crippen LogP contribution in [0.5, 0.6) is 0 Å². The molecule has 1 aliphatic rings. The molecule has 1 aromatic heterocycles. The number of rotatable bonds is 7. The van der Waals surface area contributed by atoms with E-state index in [2.05, 4.69) is 5.32 Å². The SMILES string of the molecule is Cn1c(=O)c(-c2cccc3c(C[C@H](NC(=O)c4c(F)cc(N5CCCCC5)cc4F)C(=O)O)cccc23)c(C(F)(F)F)c2ccccc21. The van der Waals surface area contributed by atoms with Crippen molar-refractivity contribution in [3.05, 3.63) is 111 Å². The van der Waals surface area contributed by atoms with E-state index in [4.69, 9.17) is 0 Å². The standard InChI is InChI=1S/C36H30F5N3O4/c1-43-29-14-4-3-10-25(29)32(36(39,40)41)30(34(43)46)24-13-8-11-22-20(9-7-12-23(22)24)17-28(35(47)48)42-33(45)31-26(37)18-21(19-27(31)38)44-15-5-2-6-16-44/h3-4,7-14,18-19,28H,2,5-6,15-17H2,1H3,(H,42,45)(H,47,48)/t28-/m0/s1. The first kappa shape index (κ1) is 32.7. The molecule has 1 amide bonds. The topological polar surface area (TPSA) is 91.6 Å². The van der Waals surface area contributed by atoms with Crippen LogP contribution in [0.2, 0.25) is 0 Å². The molecule has 2 heterocycles. The van der Waals surface area contributed by atoms with Gasteiger partial charge in [-0.1, -0.05) is 54.6 Å².